The number of aliphatic hydroxyl groups excluding tert-OH is 3. The Bertz CT molecular complexity index is 2320. The first-order valence-corrected chi connectivity index (χ1v) is 25.4. The van der Waals surface area contributed by atoms with E-state index in [1.54, 1.807) is 84.2 Å². The molecule has 0 saturated heterocycles. The van der Waals surface area contributed by atoms with Gasteiger partial charge in [-0.1, -0.05) is 12.1 Å². The largest absolute Gasteiger partial charge is 0.504 e. The molecule has 21 nitrogen and oxygen atoms in total. The number of phenols is 1. The molecule has 5 amide bonds. The van der Waals surface area contributed by atoms with Gasteiger partial charge in [0, 0.05) is 57.2 Å². The van der Waals surface area contributed by atoms with Crippen LogP contribution in [0.1, 0.15) is 159 Å². The van der Waals surface area contributed by atoms with Crippen molar-refractivity contribution in [3.05, 3.63) is 52.6 Å². The summed E-state index contributed by atoms with van der Waals surface area (Å²) in [6, 6.07) is 5.36. The standard InChI is InChI=1S/C53H79N5O16/c1-50(2,3)71-35(59)18-13-14-23-56(47(66)72-51(4,5)6)24-15-16-25-57(48(67)73-52(7,8)9)26-17-27-58(49(68)74-53(10,11)12)29-31-19-21-32(22-20-31)45(64)54-38-36-33-28-34-44(70-30-69-34)40(60)37(33)46(65)55-39(36)42(62)43(63)41(38)61/h19-22,28,36,38-39,41-43,60-63H,13-18,23-27,29-30H2,1-12H3,(H,54,64)(H,55,65)/t36-,38+,39+,41-,42-,43+/m0/s1. The van der Waals surface area contributed by atoms with Gasteiger partial charge in [0.05, 0.1) is 17.6 Å². The number of ether oxygens (including phenoxy) is 6. The Labute approximate surface area is 434 Å². The predicted octanol–water partition coefficient (Wildman–Crippen LogP) is 6.11. The Morgan fingerprint density at radius 1 is 0.649 bits per heavy atom. The highest BCUT2D eigenvalue weighted by molar-refractivity contribution is 6.02. The molecule has 74 heavy (non-hydrogen) atoms. The number of phenolic OH excluding ortho intramolecular Hbond substituents is 1. The van der Waals surface area contributed by atoms with Gasteiger partial charge in [-0.3, -0.25) is 14.4 Å². The molecule has 0 bridgehead atoms. The summed E-state index contributed by atoms with van der Waals surface area (Å²) in [5.41, 5.74) is -2.16. The first-order chi connectivity index (χ1) is 34.3. The van der Waals surface area contributed by atoms with Crippen molar-refractivity contribution in [2.75, 3.05) is 39.5 Å². The second-order valence-corrected chi connectivity index (χ2v) is 23.1. The van der Waals surface area contributed by atoms with Gasteiger partial charge in [-0.15, -0.1) is 0 Å². The number of amides is 5. The zero-order valence-corrected chi connectivity index (χ0v) is 45.1. The third-order valence-electron chi connectivity index (χ3n) is 12.0. The summed E-state index contributed by atoms with van der Waals surface area (Å²) in [6.45, 7) is 22.6. The summed E-state index contributed by atoms with van der Waals surface area (Å²) < 4.78 is 33.4. The quantitative estimate of drug-likeness (QED) is 0.0559. The summed E-state index contributed by atoms with van der Waals surface area (Å²) in [5, 5.41) is 49.5. The molecule has 2 aromatic rings. The minimum absolute atomic E-state index is 0.0431. The minimum atomic E-state index is -1.76. The molecule has 6 N–H and O–H groups in total. The topological polar surface area (TPSA) is 272 Å². The van der Waals surface area contributed by atoms with Crippen molar-refractivity contribution in [1.82, 2.24) is 25.3 Å². The fourth-order valence-corrected chi connectivity index (χ4v) is 8.82. The van der Waals surface area contributed by atoms with E-state index >= 15 is 0 Å². The molecule has 1 aliphatic carbocycles. The van der Waals surface area contributed by atoms with E-state index in [4.69, 9.17) is 28.4 Å². The SMILES string of the molecule is CC(C)(C)OC(=O)CCCCN(CCCCN(CCCN(Cc1ccc(C(=O)N[C@H]2[C@H](O)[C@@H](O)[C@@H](O)[C@@H]3NC(=O)c4c(cc5c(c4O)OCO5)[C@@H]23)cc1)C(=O)OC(C)(C)C)C(=O)OC(C)(C)C)C(=O)OC(C)(C)C. The first-order valence-electron chi connectivity index (χ1n) is 25.4. The molecular weight excluding hydrogens is 963 g/mol. The second-order valence-electron chi connectivity index (χ2n) is 23.1. The van der Waals surface area contributed by atoms with E-state index in [1.807, 2.05) is 20.8 Å². The number of aliphatic hydroxyl groups is 3. The second kappa shape index (κ2) is 24.1. The lowest BCUT2D eigenvalue weighted by Crippen LogP contribution is -2.69. The molecule has 1 fully saturated rings. The Morgan fingerprint density at radius 2 is 1.14 bits per heavy atom. The summed E-state index contributed by atoms with van der Waals surface area (Å²) in [6.07, 6.45) is -4.03. The Kier molecular flexibility index (Phi) is 19.1. The molecule has 3 aliphatic rings. The van der Waals surface area contributed by atoms with Gasteiger partial charge in [0.25, 0.3) is 11.8 Å². The van der Waals surface area contributed by atoms with Crippen LogP contribution in [0.3, 0.4) is 0 Å². The van der Waals surface area contributed by atoms with Crippen molar-refractivity contribution in [3.63, 3.8) is 0 Å². The zero-order chi connectivity index (χ0) is 55.1. The Balaban J connectivity index is 1.25. The maximum atomic E-state index is 13.9. The average molecular weight is 1040 g/mol. The van der Waals surface area contributed by atoms with Crippen LogP contribution in [0.25, 0.3) is 0 Å². The lowest BCUT2D eigenvalue weighted by atomic mass is 9.68. The molecule has 1 saturated carbocycles. The monoisotopic (exact) mass is 1040 g/mol. The number of benzene rings is 2. The fourth-order valence-electron chi connectivity index (χ4n) is 8.82. The van der Waals surface area contributed by atoms with Gasteiger partial charge in [0.15, 0.2) is 11.5 Å². The molecule has 0 radical (unpaired) electrons. The van der Waals surface area contributed by atoms with Crippen molar-refractivity contribution in [3.8, 4) is 17.2 Å². The number of rotatable bonds is 18. The Hall–Kier alpha value is -6.06. The molecule has 0 unspecified atom stereocenters. The van der Waals surface area contributed by atoms with Crippen molar-refractivity contribution in [1.29, 1.82) is 0 Å². The van der Waals surface area contributed by atoms with E-state index in [2.05, 4.69) is 10.6 Å². The smallest absolute Gasteiger partial charge is 0.410 e. The van der Waals surface area contributed by atoms with Gasteiger partial charge < -0.3 is 74.2 Å². The Morgan fingerprint density at radius 3 is 1.66 bits per heavy atom. The molecule has 0 spiro atoms. The number of carbonyl (C=O) groups excluding carboxylic acids is 6. The number of aromatic hydroxyl groups is 1. The van der Waals surface area contributed by atoms with E-state index in [9.17, 15) is 49.2 Å². The first kappa shape index (κ1) is 58.8. The van der Waals surface area contributed by atoms with Crippen LogP contribution in [0, 0.1) is 0 Å². The number of hydrogen-bond donors (Lipinski definition) is 6. The number of fused-ring (bicyclic) bond motifs is 4. The highest BCUT2D eigenvalue weighted by atomic mass is 16.7. The zero-order valence-electron chi connectivity index (χ0n) is 45.1. The number of esters is 1. The van der Waals surface area contributed by atoms with Crippen molar-refractivity contribution in [2.24, 2.45) is 0 Å². The van der Waals surface area contributed by atoms with Gasteiger partial charge in [-0.05, 0) is 145 Å². The van der Waals surface area contributed by atoms with E-state index in [0.29, 0.717) is 57.3 Å². The van der Waals surface area contributed by atoms with Gasteiger partial charge in [-0.25, -0.2) is 14.4 Å². The van der Waals surface area contributed by atoms with Crippen LogP contribution in [-0.4, -0.2) is 164 Å². The number of carbonyl (C=O) groups is 6. The molecule has 21 heteroatoms. The normalized spacial score (nSPS) is 20.3. The number of nitrogens with zero attached hydrogens (tertiary/aromatic N) is 3. The minimum Gasteiger partial charge on any atom is -0.504 e. The molecule has 0 aromatic heterocycles. The van der Waals surface area contributed by atoms with Crippen LogP contribution in [0.5, 0.6) is 17.2 Å². The highest BCUT2D eigenvalue weighted by Crippen LogP contribution is 2.50. The van der Waals surface area contributed by atoms with E-state index in [1.165, 1.54) is 23.1 Å². The molecule has 412 valence electrons. The molecule has 2 aliphatic heterocycles. The summed E-state index contributed by atoms with van der Waals surface area (Å²) in [7, 11) is 0. The van der Waals surface area contributed by atoms with Gasteiger partial charge in [0.1, 0.15) is 40.7 Å². The van der Waals surface area contributed by atoms with Crippen LogP contribution in [-0.2, 0) is 30.3 Å². The average Bonchev–Trinajstić information content (AvgIpc) is 3.75. The lowest BCUT2D eigenvalue weighted by Gasteiger charge is -2.49. The molecular formula is C53H79N5O16. The summed E-state index contributed by atoms with van der Waals surface area (Å²) >= 11 is 0. The third kappa shape index (κ3) is 16.5. The van der Waals surface area contributed by atoms with Crippen LogP contribution >= 0.6 is 0 Å². The lowest BCUT2D eigenvalue weighted by molar-refractivity contribution is -0.154. The molecule has 2 heterocycles. The van der Waals surface area contributed by atoms with Crippen molar-refractivity contribution < 1.29 is 77.6 Å². The molecule has 2 aromatic carbocycles. The predicted molar refractivity (Wildman–Crippen MR) is 270 cm³/mol. The van der Waals surface area contributed by atoms with Crippen LogP contribution in [0.15, 0.2) is 30.3 Å². The van der Waals surface area contributed by atoms with E-state index in [-0.39, 0.29) is 67.0 Å². The summed E-state index contributed by atoms with van der Waals surface area (Å²) in [4.78, 5) is 84.6. The van der Waals surface area contributed by atoms with E-state index < -0.39 is 94.6 Å². The number of nitrogens with one attached hydrogen (secondary N) is 2. The van der Waals surface area contributed by atoms with Gasteiger partial charge in [0.2, 0.25) is 12.5 Å². The maximum absolute atomic E-state index is 13.9. The van der Waals surface area contributed by atoms with Crippen LogP contribution < -0.4 is 20.1 Å². The van der Waals surface area contributed by atoms with Crippen molar-refractivity contribution in [2.45, 2.75) is 187 Å². The number of hydrogen-bond acceptors (Lipinski definition) is 16. The maximum Gasteiger partial charge on any atom is 0.410 e. The van der Waals surface area contributed by atoms with Gasteiger partial charge >= 0.3 is 24.2 Å². The van der Waals surface area contributed by atoms with E-state index in [0.717, 1.165) is 0 Å². The molecule has 5 rings (SSSR count). The highest BCUT2D eigenvalue weighted by Gasteiger charge is 2.55. The third-order valence-corrected chi connectivity index (χ3v) is 12.0. The summed E-state index contributed by atoms with van der Waals surface area (Å²) in [5.74, 6) is -3.15. The van der Waals surface area contributed by atoms with Crippen LogP contribution in [0.4, 0.5) is 14.4 Å². The fraction of sp³-hybridized carbons (Fsp3) is 0.660. The number of unbranched alkanes of at least 4 members (excludes halogenated alkanes) is 2. The van der Waals surface area contributed by atoms with Crippen molar-refractivity contribution >= 4 is 36.1 Å². The van der Waals surface area contributed by atoms with Gasteiger partial charge in [-0.2, -0.15) is 0 Å². The molecule has 6 atom stereocenters. The van der Waals surface area contributed by atoms with Crippen LogP contribution in [0.2, 0.25) is 0 Å².